The summed E-state index contributed by atoms with van der Waals surface area (Å²) in [6.07, 6.45) is 0.294. The van der Waals surface area contributed by atoms with Crippen molar-refractivity contribution < 1.29 is 4.79 Å². The lowest BCUT2D eigenvalue weighted by Gasteiger charge is -2.15. The molecule has 142 valence electrons. The summed E-state index contributed by atoms with van der Waals surface area (Å²) in [4.78, 5) is 24.2. The molecule has 0 bridgehead atoms. The van der Waals surface area contributed by atoms with E-state index in [1.807, 2.05) is 10.8 Å². The minimum atomic E-state index is -0.119. The monoisotopic (exact) mass is 410 g/mol. The summed E-state index contributed by atoms with van der Waals surface area (Å²) in [7, 11) is 0. The number of amidine groups is 1. The van der Waals surface area contributed by atoms with Crippen molar-refractivity contribution >= 4 is 45.1 Å². The average molecular weight is 411 g/mol. The lowest BCUT2D eigenvalue weighted by molar-refractivity contribution is -0.115. The number of anilines is 1. The standard InChI is InChI=1S/C19H18N6OS2/c1-11-3-4-14(12(2)7-11)15-10-28-19-22-17(23-25(15)19)21-16(26)8-13-9-27-18-20-5-6-24(13)18/h3-4,7,9-10H,5-6,8H2,1-2H3,(H,21,23,26). The third-order valence-corrected chi connectivity index (χ3v) is 6.55. The minimum absolute atomic E-state index is 0.119. The molecule has 2 aromatic heterocycles. The average Bonchev–Trinajstić information content (AvgIpc) is 3.38. The number of aryl methyl sites for hydroxylation is 2. The number of amides is 1. The first kappa shape index (κ1) is 17.4. The summed E-state index contributed by atoms with van der Waals surface area (Å²) in [6.45, 7) is 5.81. The molecule has 0 saturated carbocycles. The maximum atomic E-state index is 12.5. The highest BCUT2D eigenvalue weighted by Gasteiger charge is 2.27. The van der Waals surface area contributed by atoms with E-state index in [9.17, 15) is 4.79 Å². The third kappa shape index (κ3) is 3.00. The molecule has 0 spiro atoms. The molecule has 0 atom stereocenters. The molecule has 28 heavy (non-hydrogen) atoms. The minimum Gasteiger partial charge on any atom is -0.322 e. The van der Waals surface area contributed by atoms with E-state index >= 15 is 0 Å². The molecule has 1 N–H and O–H groups in total. The molecule has 7 nitrogen and oxygen atoms in total. The van der Waals surface area contributed by atoms with E-state index in [-0.39, 0.29) is 5.91 Å². The van der Waals surface area contributed by atoms with Gasteiger partial charge in [-0.05, 0) is 24.8 Å². The van der Waals surface area contributed by atoms with E-state index in [4.69, 9.17) is 0 Å². The van der Waals surface area contributed by atoms with Gasteiger partial charge in [-0.15, -0.1) is 16.4 Å². The summed E-state index contributed by atoms with van der Waals surface area (Å²) in [6, 6.07) is 6.35. The summed E-state index contributed by atoms with van der Waals surface area (Å²) >= 11 is 3.09. The predicted octanol–water partition coefficient (Wildman–Crippen LogP) is 3.66. The Bertz CT molecular complexity index is 1160. The lowest BCUT2D eigenvalue weighted by Crippen LogP contribution is -2.24. The summed E-state index contributed by atoms with van der Waals surface area (Å²) in [5.41, 5.74) is 5.50. The number of benzene rings is 1. The van der Waals surface area contributed by atoms with Crippen LogP contribution in [0.1, 0.15) is 17.5 Å². The number of hydrogen-bond acceptors (Lipinski definition) is 7. The number of thiazole rings is 1. The fraction of sp³-hybridized carbons (Fsp3) is 0.263. The second-order valence-corrected chi connectivity index (χ2v) is 8.51. The van der Waals surface area contributed by atoms with Gasteiger partial charge in [-0.1, -0.05) is 35.5 Å². The van der Waals surface area contributed by atoms with Crippen molar-refractivity contribution in [1.29, 1.82) is 0 Å². The summed E-state index contributed by atoms with van der Waals surface area (Å²) in [5.74, 6) is 0.218. The van der Waals surface area contributed by atoms with Gasteiger partial charge in [0.15, 0.2) is 5.17 Å². The zero-order chi connectivity index (χ0) is 19.3. The van der Waals surface area contributed by atoms with Gasteiger partial charge in [0.25, 0.3) is 0 Å². The molecule has 2 aliphatic heterocycles. The largest absolute Gasteiger partial charge is 0.322 e. The zero-order valence-corrected chi connectivity index (χ0v) is 17.1. The number of rotatable bonds is 4. The Morgan fingerprint density at radius 1 is 1.32 bits per heavy atom. The van der Waals surface area contributed by atoms with Gasteiger partial charge in [0, 0.05) is 23.2 Å². The van der Waals surface area contributed by atoms with Gasteiger partial charge in [0.2, 0.25) is 16.8 Å². The molecule has 0 radical (unpaired) electrons. The molecule has 9 heteroatoms. The number of hydrogen-bond donors (Lipinski definition) is 1. The normalized spacial score (nSPS) is 15.7. The van der Waals surface area contributed by atoms with Gasteiger partial charge >= 0.3 is 0 Å². The Morgan fingerprint density at radius 3 is 3.07 bits per heavy atom. The predicted molar refractivity (Wildman–Crippen MR) is 114 cm³/mol. The molecule has 0 aliphatic carbocycles. The first-order chi connectivity index (χ1) is 13.6. The van der Waals surface area contributed by atoms with Gasteiger partial charge in [0.05, 0.1) is 18.7 Å². The van der Waals surface area contributed by atoms with E-state index in [1.165, 1.54) is 22.5 Å². The number of nitrogens with zero attached hydrogens (tertiary/aromatic N) is 5. The second kappa shape index (κ2) is 6.75. The third-order valence-electron chi connectivity index (χ3n) is 4.78. The van der Waals surface area contributed by atoms with Crippen LogP contribution >= 0.6 is 23.1 Å². The van der Waals surface area contributed by atoms with E-state index < -0.39 is 0 Å². The molecular weight excluding hydrogens is 392 g/mol. The second-order valence-electron chi connectivity index (χ2n) is 6.84. The number of aliphatic imine (C=N–C) groups is 1. The molecule has 4 heterocycles. The van der Waals surface area contributed by atoms with E-state index in [0.29, 0.717) is 12.4 Å². The van der Waals surface area contributed by atoms with Crippen LogP contribution in [0.5, 0.6) is 0 Å². The highest BCUT2D eigenvalue weighted by atomic mass is 32.2. The molecule has 3 aromatic rings. The topological polar surface area (TPSA) is 74.9 Å². The van der Waals surface area contributed by atoms with Crippen molar-refractivity contribution in [1.82, 2.24) is 19.5 Å². The van der Waals surface area contributed by atoms with Crippen molar-refractivity contribution in [3.05, 3.63) is 45.8 Å². The first-order valence-corrected chi connectivity index (χ1v) is 10.7. The highest BCUT2D eigenvalue weighted by molar-refractivity contribution is 8.16. The zero-order valence-electron chi connectivity index (χ0n) is 15.5. The lowest BCUT2D eigenvalue weighted by atomic mass is 10.0. The van der Waals surface area contributed by atoms with E-state index in [1.54, 1.807) is 16.3 Å². The molecule has 0 saturated heterocycles. The first-order valence-electron chi connectivity index (χ1n) is 8.98. The molecular formula is C19H18N6OS2. The number of thioether (sulfide) groups is 1. The van der Waals surface area contributed by atoms with Crippen molar-refractivity contribution in [2.45, 2.75) is 20.3 Å². The Hall–Kier alpha value is -2.65. The number of fused-ring (bicyclic) bond motifs is 2. The smallest absolute Gasteiger partial charge is 0.250 e. The van der Waals surface area contributed by atoms with Crippen molar-refractivity contribution in [3.8, 4) is 11.3 Å². The SMILES string of the molecule is Cc1ccc(-c2csc3nc(NC(=O)CC4=CSC5=NCCN45)nn23)c(C)c1. The van der Waals surface area contributed by atoms with E-state index in [0.717, 1.165) is 40.2 Å². The van der Waals surface area contributed by atoms with Crippen LogP contribution in [0.4, 0.5) is 5.95 Å². The highest BCUT2D eigenvalue weighted by Crippen LogP contribution is 2.31. The van der Waals surface area contributed by atoms with Gasteiger partial charge in [-0.2, -0.15) is 4.98 Å². The van der Waals surface area contributed by atoms with Crippen LogP contribution in [0, 0.1) is 13.8 Å². The van der Waals surface area contributed by atoms with Crippen LogP contribution in [0.3, 0.4) is 0 Å². The number of carbonyl (C=O) groups is 1. The Labute approximate surface area is 170 Å². The molecule has 0 fully saturated rings. The van der Waals surface area contributed by atoms with E-state index in [2.05, 4.69) is 57.3 Å². The summed E-state index contributed by atoms with van der Waals surface area (Å²) in [5, 5.41) is 12.4. The molecule has 5 rings (SSSR count). The quantitative estimate of drug-likeness (QED) is 0.710. The molecule has 0 unspecified atom stereocenters. The van der Waals surface area contributed by atoms with Gasteiger partial charge in [-0.25, -0.2) is 4.52 Å². The molecule has 1 aromatic carbocycles. The van der Waals surface area contributed by atoms with Gasteiger partial charge in [0.1, 0.15) is 0 Å². The van der Waals surface area contributed by atoms with Crippen LogP contribution < -0.4 is 5.32 Å². The van der Waals surface area contributed by atoms with Crippen LogP contribution in [-0.2, 0) is 4.79 Å². The Morgan fingerprint density at radius 2 is 2.21 bits per heavy atom. The molecule has 1 amide bonds. The number of nitrogens with one attached hydrogen (secondary N) is 1. The van der Waals surface area contributed by atoms with Gasteiger partial charge in [-0.3, -0.25) is 15.1 Å². The van der Waals surface area contributed by atoms with Crippen LogP contribution in [0.2, 0.25) is 0 Å². The Kier molecular flexibility index (Phi) is 4.21. The molecule has 2 aliphatic rings. The number of carbonyl (C=O) groups excluding carboxylic acids is 1. The summed E-state index contributed by atoms with van der Waals surface area (Å²) < 4.78 is 1.80. The van der Waals surface area contributed by atoms with Crippen molar-refractivity contribution in [2.75, 3.05) is 18.4 Å². The number of aromatic nitrogens is 3. The van der Waals surface area contributed by atoms with Crippen LogP contribution in [-0.4, -0.2) is 43.7 Å². The van der Waals surface area contributed by atoms with Gasteiger partial charge < -0.3 is 4.90 Å². The Balaban J connectivity index is 1.35. The van der Waals surface area contributed by atoms with Crippen molar-refractivity contribution in [3.63, 3.8) is 0 Å². The maximum Gasteiger partial charge on any atom is 0.250 e. The van der Waals surface area contributed by atoms with Crippen LogP contribution in [0.15, 0.2) is 39.7 Å². The fourth-order valence-electron chi connectivity index (χ4n) is 3.47. The van der Waals surface area contributed by atoms with Crippen LogP contribution in [0.25, 0.3) is 16.2 Å². The fourth-order valence-corrected chi connectivity index (χ4v) is 5.25. The van der Waals surface area contributed by atoms with Crippen molar-refractivity contribution in [2.24, 2.45) is 4.99 Å². The maximum absolute atomic E-state index is 12.5.